The first-order valence-corrected chi connectivity index (χ1v) is 5.27. The first-order valence-electron chi connectivity index (χ1n) is 5.27. The lowest BCUT2D eigenvalue weighted by molar-refractivity contribution is 0.0697. The van der Waals surface area contributed by atoms with Crippen LogP contribution in [0, 0.1) is 12.3 Å². The van der Waals surface area contributed by atoms with Crippen LogP contribution in [-0.4, -0.2) is 24.2 Å². The highest BCUT2D eigenvalue weighted by molar-refractivity contribution is 5.88. The van der Waals surface area contributed by atoms with E-state index in [1.807, 2.05) is 6.07 Å². The number of hydrogen-bond acceptors (Lipinski definition) is 2. The quantitative estimate of drug-likeness (QED) is 0.764. The maximum absolute atomic E-state index is 10.8. The number of carboxylic acids is 1. The third kappa shape index (κ3) is 1.87. The van der Waals surface area contributed by atoms with Crippen LogP contribution in [0.5, 0.6) is 0 Å². The molecule has 82 valence electrons. The molecule has 1 heterocycles. The average molecular weight is 215 g/mol. The van der Waals surface area contributed by atoms with Gasteiger partial charge in [-0.3, -0.25) is 0 Å². The van der Waals surface area contributed by atoms with Crippen LogP contribution in [0.1, 0.15) is 22.3 Å². The number of aryl methyl sites for hydroxylation is 1. The molecule has 0 radical (unpaired) electrons. The van der Waals surface area contributed by atoms with Crippen molar-refractivity contribution in [3.05, 3.63) is 29.3 Å². The molecule has 0 spiro atoms. The molecule has 0 saturated heterocycles. The van der Waals surface area contributed by atoms with Crippen molar-refractivity contribution in [1.29, 1.82) is 0 Å². The number of anilines is 1. The molecule has 1 N–H and O–H groups in total. The third-order valence-corrected chi connectivity index (χ3v) is 2.82. The van der Waals surface area contributed by atoms with E-state index in [0.29, 0.717) is 12.1 Å². The largest absolute Gasteiger partial charge is 0.478 e. The number of fused-ring (bicyclic) bond motifs is 1. The molecule has 0 aromatic heterocycles. The lowest BCUT2D eigenvalue weighted by atomic mass is 9.99. The van der Waals surface area contributed by atoms with Crippen LogP contribution in [0.4, 0.5) is 5.69 Å². The second kappa shape index (κ2) is 4.28. The molecule has 0 atom stereocenters. The summed E-state index contributed by atoms with van der Waals surface area (Å²) in [6.45, 7) is 1.53. The summed E-state index contributed by atoms with van der Waals surface area (Å²) in [5.74, 6) is 1.75. The molecule has 0 unspecified atom stereocenters. The van der Waals surface area contributed by atoms with Gasteiger partial charge >= 0.3 is 5.97 Å². The third-order valence-electron chi connectivity index (χ3n) is 2.82. The summed E-state index contributed by atoms with van der Waals surface area (Å²) in [4.78, 5) is 13.0. The Morgan fingerprint density at radius 3 is 3.06 bits per heavy atom. The predicted molar refractivity (Wildman–Crippen MR) is 62.8 cm³/mol. The van der Waals surface area contributed by atoms with Crippen LogP contribution >= 0.6 is 0 Å². The van der Waals surface area contributed by atoms with E-state index in [1.165, 1.54) is 0 Å². The smallest absolute Gasteiger partial charge is 0.335 e. The zero-order valence-corrected chi connectivity index (χ0v) is 8.94. The number of aromatic carboxylic acids is 1. The van der Waals surface area contributed by atoms with Crippen molar-refractivity contribution in [2.24, 2.45) is 0 Å². The van der Waals surface area contributed by atoms with Gasteiger partial charge in [0.05, 0.1) is 12.1 Å². The first-order chi connectivity index (χ1) is 7.72. The van der Waals surface area contributed by atoms with Gasteiger partial charge < -0.3 is 10.0 Å². The van der Waals surface area contributed by atoms with Gasteiger partial charge in [-0.1, -0.05) is 5.92 Å². The van der Waals surface area contributed by atoms with Crippen molar-refractivity contribution in [3.8, 4) is 12.3 Å². The summed E-state index contributed by atoms with van der Waals surface area (Å²) in [5, 5.41) is 8.91. The first kappa shape index (κ1) is 10.6. The number of carbonyl (C=O) groups is 1. The van der Waals surface area contributed by atoms with E-state index in [9.17, 15) is 4.79 Å². The zero-order chi connectivity index (χ0) is 11.5. The fraction of sp³-hybridized carbons (Fsp3) is 0.308. The summed E-state index contributed by atoms with van der Waals surface area (Å²) in [5.41, 5.74) is 2.51. The molecular formula is C13H13NO2. The summed E-state index contributed by atoms with van der Waals surface area (Å²) in [6, 6.07) is 5.24. The average Bonchev–Trinajstić information content (AvgIpc) is 2.29. The van der Waals surface area contributed by atoms with E-state index in [0.717, 1.165) is 30.6 Å². The molecule has 0 bridgehead atoms. The summed E-state index contributed by atoms with van der Waals surface area (Å²) >= 11 is 0. The molecule has 16 heavy (non-hydrogen) atoms. The summed E-state index contributed by atoms with van der Waals surface area (Å²) < 4.78 is 0. The van der Waals surface area contributed by atoms with E-state index in [2.05, 4.69) is 10.8 Å². The maximum atomic E-state index is 10.8. The fourth-order valence-electron chi connectivity index (χ4n) is 2.08. The number of hydrogen-bond donors (Lipinski definition) is 1. The highest BCUT2D eigenvalue weighted by Crippen LogP contribution is 2.27. The molecule has 1 aromatic rings. The fourth-order valence-corrected chi connectivity index (χ4v) is 2.08. The van der Waals surface area contributed by atoms with Gasteiger partial charge in [0.1, 0.15) is 0 Å². The lowest BCUT2D eigenvalue weighted by Crippen LogP contribution is -2.29. The van der Waals surface area contributed by atoms with Crippen molar-refractivity contribution < 1.29 is 9.90 Å². The zero-order valence-electron chi connectivity index (χ0n) is 8.94. The van der Waals surface area contributed by atoms with Crippen molar-refractivity contribution in [1.82, 2.24) is 0 Å². The van der Waals surface area contributed by atoms with Crippen molar-refractivity contribution in [3.63, 3.8) is 0 Å². The van der Waals surface area contributed by atoms with Crippen molar-refractivity contribution in [2.45, 2.75) is 12.8 Å². The Kier molecular flexibility index (Phi) is 2.82. The number of terminal acetylenes is 1. The van der Waals surface area contributed by atoms with E-state index >= 15 is 0 Å². The molecule has 1 aromatic carbocycles. The molecule has 1 aliphatic rings. The Balaban J connectivity index is 2.37. The van der Waals surface area contributed by atoms with Gasteiger partial charge in [0.25, 0.3) is 0 Å². The van der Waals surface area contributed by atoms with Crippen LogP contribution in [0.3, 0.4) is 0 Å². The molecule has 2 rings (SSSR count). The summed E-state index contributed by atoms with van der Waals surface area (Å²) in [6.07, 6.45) is 7.26. The van der Waals surface area contributed by atoms with Gasteiger partial charge in [0.2, 0.25) is 0 Å². The molecule has 0 amide bonds. The van der Waals surface area contributed by atoms with Gasteiger partial charge in [0.15, 0.2) is 0 Å². The second-order valence-corrected chi connectivity index (χ2v) is 3.88. The molecule has 0 aliphatic carbocycles. The SMILES string of the molecule is C#CCN1CCCc2cc(C(=O)O)ccc21. The van der Waals surface area contributed by atoms with E-state index in [1.54, 1.807) is 12.1 Å². The van der Waals surface area contributed by atoms with E-state index in [-0.39, 0.29) is 0 Å². The minimum absolute atomic E-state index is 0.348. The normalized spacial score (nSPS) is 14.1. The van der Waals surface area contributed by atoms with Crippen LogP contribution in [0.25, 0.3) is 0 Å². The Bertz CT molecular complexity index is 459. The van der Waals surface area contributed by atoms with Gasteiger partial charge in [0, 0.05) is 12.2 Å². The second-order valence-electron chi connectivity index (χ2n) is 3.88. The molecule has 0 fully saturated rings. The monoisotopic (exact) mass is 215 g/mol. The molecule has 3 heteroatoms. The van der Waals surface area contributed by atoms with Gasteiger partial charge in [-0.05, 0) is 36.6 Å². The number of benzene rings is 1. The Morgan fingerprint density at radius 2 is 2.38 bits per heavy atom. The van der Waals surface area contributed by atoms with Crippen LogP contribution in [0.15, 0.2) is 18.2 Å². The van der Waals surface area contributed by atoms with Crippen LogP contribution < -0.4 is 4.90 Å². The van der Waals surface area contributed by atoms with Gasteiger partial charge in [-0.15, -0.1) is 6.42 Å². The number of rotatable bonds is 2. The Hall–Kier alpha value is -1.95. The lowest BCUT2D eigenvalue weighted by Gasteiger charge is -2.29. The number of nitrogens with zero attached hydrogens (tertiary/aromatic N) is 1. The maximum Gasteiger partial charge on any atom is 0.335 e. The molecular weight excluding hydrogens is 202 g/mol. The summed E-state index contributed by atoms with van der Waals surface area (Å²) in [7, 11) is 0. The molecule has 3 nitrogen and oxygen atoms in total. The van der Waals surface area contributed by atoms with Crippen molar-refractivity contribution >= 4 is 11.7 Å². The minimum atomic E-state index is -0.878. The van der Waals surface area contributed by atoms with Crippen LogP contribution in [-0.2, 0) is 6.42 Å². The predicted octanol–water partition coefficient (Wildman–Crippen LogP) is 1.77. The Morgan fingerprint density at radius 1 is 1.56 bits per heavy atom. The van der Waals surface area contributed by atoms with Crippen LogP contribution in [0.2, 0.25) is 0 Å². The van der Waals surface area contributed by atoms with E-state index < -0.39 is 5.97 Å². The van der Waals surface area contributed by atoms with Gasteiger partial charge in [-0.2, -0.15) is 0 Å². The highest BCUT2D eigenvalue weighted by Gasteiger charge is 2.17. The highest BCUT2D eigenvalue weighted by atomic mass is 16.4. The standard InChI is InChI=1S/C13H13NO2/c1-2-7-14-8-3-4-10-9-11(13(15)16)5-6-12(10)14/h1,5-6,9H,3-4,7-8H2,(H,15,16). The van der Waals surface area contributed by atoms with Gasteiger partial charge in [-0.25, -0.2) is 4.79 Å². The Labute approximate surface area is 94.7 Å². The minimum Gasteiger partial charge on any atom is -0.478 e. The topological polar surface area (TPSA) is 40.5 Å². The van der Waals surface area contributed by atoms with Crippen molar-refractivity contribution in [2.75, 3.05) is 18.0 Å². The number of carboxylic acid groups (broad SMARTS) is 1. The molecule has 1 aliphatic heterocycles. The van der Waals surface area contributed by atoms with E-state index in [4.69, 9.17) is 11.5 Å². The molecule has 0 saturated carbocycles.